The highest BCUT2D eigenvalue weighted by Crippen LogP contribution is 2.29. The Morgan fingerprint density at radius 1 is 1.15 bits per heavy atom. The molecule has 0 bridgehead atoms. The van der Waals surface area contributed by atoms with E-state index in [9.17, 15) is 4.79 Å². The van der Waals surface area contributed by atoms with Crippen molar-refractivity contribution >= 4 is 44.0 Å². The minimum Gasteiger partial charge on any atom is -0.288 e. The fourth-order valence-corrected chi connectivity index (χ4v) is 3.58. The van der Waals surface area contributed by atoms with E-state index in [2.05, 4.69) is 20.9 Å². The van der Waals surface area contributed by atoms with Crippen LogP contribution < -0.4 is 0 Å². The zero-order chi connectivity index (χ0) is 14.3. The zero-order valence-electron chi connectivity index (χ0n) is 11.1. The second-order valence-corrected chi connectivity index (χ2v) is 7.13. The van der Waals surface area contributed by atoms with Crippen molar-refractivity contribution in [2.24, 2.45) is 0 Å². The molecule has 0 amide bonds. The summed E-state index contributed by atoms with van der Waals surface area (Å²) in [5, 5.41) is 0.994. The lowest BCUT2D eigenvalue weighted by Gasteiger charge is -2.02. The number of benzene rings is 1. The Kier molecular flexibility index (Phi) is 3.44. The Morgan fingerprint density at radius 3 is 2.65 bits per heavy atom. The van der Waals surface area contributed by atoms with Crippen molar-refractivity contribution in [3.8, 4) is 0 Å². The van der Waals surface area contributed by atoms with Gasteiger partial charge in [0.05, 0.1) is 14.2 Å². The third-order valence-corrected chi connectivity index (χ3v) is 5.31. The minimum absolute atomic E-state index is 0.0614. The SMILES string of the molecule is Cc1ccc2cc(C(=O)c3cc(C)c(Br)s3)ccc2n1. The van der Waals surface area contributed by atoms with Gasteiger partial charge in [-0.15, -0.1) is 11.3 Å². The van der Waals surface area contributed by atoms with Crippen molar-refractivity contribution in [3.63, 3.8) is 0 Å². The topological polar surface area (TPSA) is 30.0 Å². The highest BCUT2D eigenvalue weighted by atomic mass is 79.9. The Balaban J connectivity index is 2.05. The quantitative estimate of drug-likeness (QED) is 0.618. The van der Waals surface area contributed by atoms with Gasteiger partial charge in [0, 0.05) is 16.6 Å². The van der Waals surface area contributed by atoms with Crippen LogP contribution in [0, 0.1) is 13.8 Å². The van der Waals surface area contributed by atoms with Gasteiger partial charge < -0.3 is 0 Å². The van der Waals surface area contributed by atoms with Crippen LogP contribution in [-0.4, -0.2) is 10.8 Å². The van der Waals surface area contributed by atoms with E-state index in [1.54, 1.807) is 0 Å². The molecule has 0 fully saturated rings. The lowest BCUT2D eigenvalue weighted by atomic mass is 10.1. The number of ketones is 1. The van der Waals surface area contributed by atoms with Crippen LogP contribution in [-0.2, 0) is 0 Å². The molecule has 0 aliphatic rings. The molecule has 2 heterocycles. The van der Waals surface area contributed by atoms with Crippen LogP contribution in [0.2, 0.25) is 0 Å². The van der Waals surface area contributed by atoms with Crippen LogP contribution >= 0.6 is 27.3 Å². The Labute approximate surface area is 129 Å². The van der Waals surface area contributed by atoms with E-state index in [0.717, 1.165) is 30.8 Å². The maximum absolute atomic E-state index is 12.5. The molecule has 1 aromatic carbocycles. The van der Waals surface area contributed by atoms with Crippen molar-refractivity contribution < 1.29 is 4.79 Å². The lowest BCUT2D eigenvalue weighted by Crippen LogP contribution is -1.98. The molecule has 0 unspecified atom stereocenters. The number of hydrogen-bond donors (Lipinski definition) is 0. The Bertz CT molecular complexity index is 803. The van der Waals surface area contributed by atoms with Crippen molar-refractivity contribution in [2.45, 2.75) is 13.8 Å². The van der Waals surface area contributed by atoms with E-state index >= 15 is 0 Å². The summed E-state index contributed by atoms with van der Waals surface area (Å²) in [6, 6.07) is 11.6. The number of aryl methyl sites for hydroxylation is 2. The average molecular weight is 346 g/mol. The molecule has 100 valence electrons. The second kappa shape index (κ2) is 5.11. The van der Waals surface area contributed by atoms with Gasteiger partial charge >= 0.3 is 0 Å². The van der Waals surface area contributed by atoms with Crippen LogP contribution in [0.3, 0.4) is 0 Å². The van der Waals surface area contributed by atoms with E-state index in [4.69, 9.17) is 0 Å². The molecule has 0 saturated heterocycles. The molecule has 0 atom stereocenters. The number of halogens is 1. The van der Waals surface area contributed by atoms with E-state index in [1.165, 1.54) is 11.3 Å². The fourth-order valence-electron chi connectivity index (χ4n) is 2.08. The van der Waals surface area contributed by atoms with E-state index in [-0.39, 0.29) is 5.78 Å². The van der Waals surface area contributed by atoms with E-state index in [0.29, 0.717) is 5.56 Å². The summed E-state index contributed by atoms with van der Waals surface area (Å²) in [6.45, 7) is 3.95. The number of hydrogen-bond acceptors (Lipinski definition) is 3. The third-order valence-electron chi connectivity index (χ3n) is 3.17. The monoisotopic (exact) mass is 345 g/mol. The number of fused-ring (bicyclic) bond motifs is 1. The van der Waals surface area contributed by atoms with E-state index in [1.807, 2.05) is 50.2 Å². The highest BCUT2D eigenvalue weighted by Gasteiger charge is 2.14. The molecule has 2 aromatic heterocycles. The van der Waals surface area contributed by atoms with Gasteiger partial charge in [0.15, 0.2) is 0 Å². The summed E-state index contributed by atoms with van der Waals surface area (Å²) < 4.78 is 1.01. The molecule has 0 N–H and O–H groups in total. The standard InChI is InChI=1S/C16H12BrNOS/c1-9-7-14(20-16(9)17)15(19)12-5-6-13-11(8-12)4-3-10(2)18-13/h3-8H,1-2H3. The van der Waals surface area contributed by atoms with E-state index < -0.39 is 0 Å². The number of nitrogens with zero attached hydrogens (tertiary/aromatic N) is 1. The Morgan fingerprint density at radius 2 is 1.95 bits per heavy atom. The van der Waals surface area contributed by atoms with Crippen molar-refractivity contribution in [3.05, 3.63) is 61.9 Å². The number of thiophene rings is 1. The molecular weight excluding hydrogens is 334 g/mol. The first-order valence-electron chi connectivity index (χ1n) is 6.22. The van der Waals surface area contributed by atoms with Crippen molar-refractivity contribution in [1.82, 2.24) is 4.98 Å². The molecule has 0 radical (unpaired) electrons. The minimum atomic E-state index is 0.0614. The maximum atomic E-state index is 12.5. The number of aromatic nitrogens is 1. The van der Waals surface area contributed by atoms with Crippen LogP contribution in [0.4, 0.5) is 0 Å². The van der Waals surface area contributed by atoms with Crippen LogP contribution in [0.15, 0.2) is 40.2 Å². The predicted molar refractivity (Wildman–Crippen MR) is 86.7 cm³/mol. The van der Waals surface area contributed by atoms with Gasteiger partial charge in [0.25, 0.3) is 0 Å². The number of pyridine rings is 1. The Hall–Kier alpha value is -1.52. The fraction of sp³-hybridized carbons (Fsp3) is 0.125. The average Bonchev–Trinajstić information content (AvgIpc) is 2.77. The molecule has 20 heavy (non-hydrogen) atoms. The summed E-state index contributed by atoms with van der Waals surface area (Å²) in [5.41, 5.74) is 3.70. The summed E-state index contributed by atoms with van der Waals surface area (Å²) in [6.07, 6.45) is 0. The van der Waals surface area contributed by atoms with Crippen LogP contribution in [0.25, 0.3) is 10.9 Å². The van der Waals surface area contributed by atoms with Crippen LogP contribution in [0.5, 0.6) is 0 Å². The molecule has 0 aliphatic heterocycles. The van der Waals surface area contributed by atoms with Gasteiger partial charge in [-0.25, -0.2) is 0 Å². The highest BCUT2D eigenvalue weighted by molar-refractivity contribution is 9.11. The molecule has 3 rings (SSSR count). The lowest BCUT2D eigenvalue weighted by molar-refractivity contribution is 0.104. The van der Waals surface area contributed by atoms with Gasteiger partial charge in [-0.1, -0.05) is 6.07 Å². The predicted octanol–water partition coefficient (Wildman–Crippen LogP) is 4.91. The number of carbonyl (C=O) groups excluding carboxylic acids is 1. The van der Waals surface area contributed by atoms with Gasteiger partial charge in [-0.05, 0) is 65.7 Å². The molecule has 3 aromatic rings. The third kappa shape index (κ3) is 2.41. The molecule has 2 nitrogen and oxygen atoms in total. The molecule has 0 saturated carbocycles. The van der Waals surface area contributed by atoms with Gasteiger partial charge in [0.1, 0.15) is 0 Å². The first kappa shape index (κ1) is 13.5. The summed E-state index contributed by atoms with van der Waals surface area (Å²) in [7, 11) is 0. The molecule has 0 aliphatic carbocycles. The number of rotatable bonds is 2. The van der Waals surface area contributed by atoms with Gasteiger partial charge in [-0.3, -0.25) is 9.78 Å². The van der Waals surface area contributed by atoms with Gasteiger partial charge in [-0.2, -0.15) is 0 Å². The maximum Gasteiger partial charge on any atom is 0.203 e. The molecule has 4 heteroatoms. The summed E-state index contributed by atoms with van der Waals surface area (Å²) >= 11 is 4.94. The number of carbonyl (C=O) groups is 1. The largest absolute Gasteiger partial charge is 0.288 e. The molecular formula is C16H12BrNOS. The van der Waals surface area contributed by atoms with Crippen molar-refractivity contribution in [1.29, 1.82) is 0 Å². The molecule has 0 spiro atoms. The first-order valence-corrected chi connectivity index (χ1v) is 7.83. The normalized spacial score (nSPS) is 10.9. The summed E-state index contributed by atoms with van der Waals surface area (Å²) in [5.74, 6) is 0.0614. The first-order chi connectivity index (χ1) is 9.54. The zero-order valence-corrected chi connectivity index (χ0v) is 13.5. The van der Waals surface area contributed by atoms with Gasteiger partial charge in [0.2, 0.25) is 5.78 Å². The van der Waals surface area contributed by atoms with Crippen molar-refractivity contribution in [2.75, 3.05) is 0 Å². The smallest absolute Gasteiger partial charge is 0.203 e. The second-order valence-electron chi connectivity index (χ2n) is 4.76. The van der Waals surface area contributed by atoms with Crippen LogP contribution in [0.1, 0.15) is 26.5 Å². The summed E-state index contributed by atoms with van der Waals surface area (Å²) in [4.78, 5) is 17.7.